The quantitative estimate of drug-likeness (QED) is 0.0380. The number of aryl methyl sites for hydroxylation is 6. The lowest BCUT2D eigenvalue weighted by Gasteiger charge is -2.31. The van der Waals surface area contributed by atoms with E-state index in [9.17, 15) is 28.8 Å². The van der Waals surface area contributed by atoms with Gasteiger partial charge in [-0.3, -0.25) is 48.8 Å². The number of rotatable bonds is 18. The van der Waals surface area contributed by atoms with Crippen LogP contribution in [-0.4, -0.2) is 237 Å². The third kappa shape index (κ3) is 26.8. The van der Waals surface area contributed by atoms with Crippen molar-refractivity contribution >= 4 is 95.0 Å². The molecule has 18 rings (SSSR count). The highest BCUT2D eigenvalue weighted by Crippen LogP contribution is 2.35. The lowest BCUT2D eigenvalue weighted by molar-refractivity contribution is -0.136. The van der Waals surface area contributed by atoms with Crippen molar-refractivity contribution in [2.45, 2.75) is 176 Å². The van der Waals surface area contributed by atoms with Crippen molar-refractivity contribution in [2.24, 2.45) is 17.8 Å². The minimum Gasteiger partial charge on any atom is -0.379 e. The molecular weight excluding hydrogens is 1760 g/mol. The van der Waals surface area contributed by atoms with Crippen molar-refractivity contribution in [3.05, 3.63) is 226 Å². The Morgan fingerprint density at radius 1 is 0.360 bits per heavy atom. The van der Waals surface area contributed by atoms with Gasteiger partial charge in [-0.25, -0.2) is 4.52 Å². The molecule has 0 spiro atoms. The molecule has 0 bridgehead atoms. The third-order valence-electron chi connectivity index (χ3n) is 25.7. The number of hydrogen-bond acceptors (Lipinski definition) is 25. The smallest absolute Gasteiger partial charge is 0.251 e. The van der Waals surface area contributed by atoms with Crippen LogP contribution in [0, 0.1) is 59.3 Å². The number of aromatic nitrogens is 9. The third-order valence-corrected chi connectivity index (χ3v) is 25.7. The van der Waals surface area contributed by atoms with E-state index in [0.29, 0.717) is 98.7 Å². The molecule has 33 heteroatoms. The number of nitrogens with zero attached hydrogens (tertiary/aromatic N) is 8. The van der Waals surface area contributed by atoms with Gasteiger partial charge in [-0.2, -0.15) is 20.4 Å². The largest absolute Gasteiger partial charge is 0.379 e. The van der Waals surface area contributed by atoms with Crippen LogP contribution in [-0.2, 0) is 90.4 Å². The van der Waals surface area contributed by atoms with Crippen LogP contribution in [0.5, 0.6) is 0 Å². The number of para-hydroxylation sites is 1. The van der Waals surface area contributed by atoms with E-state index in [0.717, 1.165) is 167 Å². The highest BCUT2D eigenvalue weighted by atomic mass is 16.5. The van der Waals surface area contributed by atoms with E-state index in [1.54, 1.807) is 0 Å². The van der Waals surface area contributed by atoms with Gasteiger partial charge in [0, 0.05) is 151 Å². The summed E-state index contributed by atoms with van der Waals surface area (Å²) in [6, 6.07) is 48.7. The second-order valence-electron chi connectivity index (χ2n) is 39.5. The molecule has 6 aliphatic heterocycles. The van der Waals surface area contributed by atoms with Crippen molar-refractivity contribution in [2.75, 3.05) is 138 Å². The summed E-state index contributed by atoms with van der Waals surface area (Å²) < 4.78 is 34.9. The Labute approximate surface area is 814 Å². The zero-order valence-corrected chi connectivity index (χ0v) is 83.8. The van der Waals surface area contributed by atoms with Crippen molar-refractivity contribution in [1.82, 2.24) is 109 Å². The summed E-state index contributed by atoms with van der Waals surface area (Å²) in [6.45, 7) is 49.1. The number of aromatic amines is 1. The highest BCUT2D eigenvalue weighted by molar-refractivity contribution is 5.93. The van der Waals surface area contributed by atoms with Gasteiger partial charge in [0.1, 0.15) is 18.3 Å². The maximum absolute atomic E-state index is 12.7. The molecule has 7 aromatic heterocycles. The van der Waals surface area contributed by atoms with E-state index in [1.165, 1.54) is 0 Å². The van der Waals surface area contributed by atoms with Gasteiger partial charge in [0.05, 0.1) is 156 Å². The molecule has 742 valence electrons. The number of pyridine rings is 4. The maximum atomic E-state index is 12.7. The Balaban J connectivity index is 0.000000141. The molecule has 6 atom stereocenters. The van der Waals surface area contributed by atoms with Crippen LogP contribution >= 0.6 is 0 Å². The Morgan fingerprint density at radius 2 is 0.741 bits per heavy atom. The monoisotopic (exact) mass is 1900 g/mol. The molecule has 6 aliphatic rings. The maximum Gasteiger partial charge on any atom is 0.251 e. The zero-order valence-electron chi connectivity index (χ0n) is 83.8. The van der Waals surface area contributed by atoms with Gasteiger partial charge in [0.15, 0.2) is 0 Å². The number of hydrogen-bond donors (Lipinski definition) is 13. The van der Waals surface area contributed by atoms with Crippen LogP contribution in [0.3, 0.4) is 0 Å². The minimum atomic E-state index is -0.641. The van der Waals surface area contributed by atoms with E-state index in [2.05, 4.69) is 137 Å². The summed E-state index contributed by atoms with van der Waals surface area (Å²) in [6.07, 6.45) is 2.36. The summed E-state index contributed by atoms with van der Waals surface area (Å²) in [5.41, 5.74) is 10.0. The molecule has 3 unspecified atom stereocenters. The molecule has 5 aromatic carbocycles. The van der Waals surface area contributed by atoms with Gasteiger partial charge in [-0.05, 0) is 171 Å². The van der Waals surface area contributed by atoms with Gasteiger partial charge < -0.3 is 92.2 Å². The van der Waals surface area contributed by atoms with E-state index < -0.39 is 51.5 Å². The first-order valence-corrected chi connectivity index (χ1v) is 48.3. The number of amides is 6. The molecule has 13 heterocycles. The molecule has 0 saturated carbocycles. The molecular formula is C106H141N21O12. The predicted octanol–water partition coefficient (Wildman–Crippen LogP) is 9.86. The van der Waals surface area contributed by atoms with Crippen molar-refractivity contribution in [3.63, 3.8) is 0 Å². The number of carbonyl (C=O) groups excluding carboxylic acids is 6. The Hall–Kier alpha value is -11.8. The fourth-order valence-electron chi connectivity index (χ4n) is 18.0. The van der Waals surface area contributed by atoms with Crippen LogP contribution in [0.2, 0.25) is 0 Å². The zero-order chi connectivity index (χ0) is 99.4. The van der Waals surface area contributed by atoms with Crippen molar-refractivity contribution < 1.29 is 57.2 Å². The van der Waals surface area contributed by atoms with Crippen molar-refractivity contribution in [1.29, 1.82) is 0 Å². The second kappa shape index (κ2) is 47.0. The fraction of sp³-hybridized carbons (Fsp3) is 0.481. The fourth-order valence-corrected chi connectivity index (χ4v) is 18.0. The number of benzene rings is 5. The van der Waals surface area contributed by atoms with E-state index in [4.69, 9.17) is 38.4 Å². The molecule has 6 amide bonds. The highest BCUT2D eigenvalue weighted by Gasteiger charge is 2.39. The molecule has 139 heavy (non-hydrogen) atoms. The number of fused-ring (bicyclic) bond motifs is 6. The first-order chi connectivity index (χ1) is 66.4. The van der Waals surface area contributed by atoms with Gasteiger partial charge in [0.2, 0.25) is 17.7 Å². The first kappa shape index (κ1) is 105. The summed E-state index contributed by atoms with van der Waals surface area (Å²) in [4.78, 5) is 89.3. The molecule has 13 N–H and O–H groups in total. The second-order valence-corrected chi connectivity index (χ2v) is 39.5. The molecule has 6 saturated heterocycles. The van der Waals surface area contributed by atoms with Gasteiger partial charge in [0.25, 0.3) is 17.7 Å². The SMILES string of the molecule is Cc1cc2ccccc2c(C(C)(C)NC(=O)C2CNCCOC2)n1.Cc1cc2ccccc2c(C(C)(C)NC(=O)[C@@H]2CNCCO2)n1.Cc1cccc2c(C(C)(C)NC(=O)C3CNCCOC3)cnn12.Cc1cccc2c(C(C)(C)NC(=O)[C@@H]3CNCCO3)[nH]nc12.Cc1ncc(C(C)(C)NC(=O)C2CNCCOC2)c2ccccc12.Cc1nnc(C(C)(C)NC(=O)[C@@H]2CNCCO2)c2ccccc12. The van der Waals surface area contributed by atoms with E-state index >= 15 is 0 Å². The molecule has 0 radical (unpaired) electrons. The Bertz CT molecular complexity index is 6230. The standard InChI is InChI=1S/2C19H25N3O2.C18H23N3O2.C17H24N4O2.C17H22N4O2.C16H22N4O2/c1-13-15-6-4-5-7-16(15)17(11-21-13)19(2,3)22-18(23)14-10-20-8-9-24-12-14;1-13-10-14-6-4-5-7-16(14)17(21-13)19(2,3)22-18(23)15-11-20-8-9-24-12-15;1-12-10-13-6-4-5-7-14(13)16(20-12)18(2,3)21-17(22)15-11-19-8-9-23-15;1-12-5-4-6-15-14(10-19-21(12)15)17(2,3)20-16(22)13-9-18-7-8-23-11-13;1-11-12-6-4-5-7-13(12)15(21-20-11)17(2,3)19-16(22)14-10-18-8-9-23-14;1-10-5-4-6-11-13(10)19-20-14(11)16(2,3)18-15(21)12-9-17-7-8-22-12/h4-7,11,14,20H,8-10,12H2,1-3H3,(H,22,23);4-7,10,15,20H,8-9,11-12H2,1-3H3,(H,22,23);4-7,10,15,19H,8-9,11H2,1-3H3,(H,21,22);4-6,10,13,18H,7-9,11H2,1-3H3,(H,20,22);4-7,14,18H,8-10H2,1-3H3,(H,19,22);4-6,12,17H,7-9H2,1-3H3,(H,18,21)(H,19,20)/t;;15-;;14-;12-/m..0.00/s1. The summed E-state index contributed by atoms with van der Waals surface area (Å²) >= 11 is 0. The van der Waals surface area contributed by atoms with Gasteiger partial charge in [-0.15, -0.1) is 0 Å². The number of carbonyl (C=O) groups is 6. The van der Waals surface area contributed by atoms with Crippen LogP contribution in [0.15, 0.2) is 158 Å². The number of morpholine rings is 3. The van der Waals surface area contributed by atoms with Crippen LogP contribution in [0.25, 0.3) is 59.5 Å². The van der Waals surface area contributed by atoms with Gasteiger partial charge in [-0.1, -0.05) is 121 Å². The molecule has 12 aromatic rings. The lowest BCUT2D eigenvalue weighted by atomic mass is 9.90. The lowest BCUT2D eigenvalue weighted by Crippen LogP contribution is -2.52. The first-order valence-electron chi connectivity index (χ1n) is 48.3. The summed E-state index contributed by atoms with van der Waals surface area (Å²) in [5.74, 6) is -0.826. The topological polar surface area (TPSA) is 413 Å². The van der Waals surface area contributed by atoms with Crippen LogP contribution in [0.4, 0.5) is 0 Å². The average Bonchev–Trinajstić information content (AvgIpc) is 0.921. The summed E-state index contributed by atoms with van der Waals surface area (Å²) in [7, 11) is 0. The molecule has 33 nitrogen and oxygen atoms in total. The summed E-state index contributed by atoms with van der Waals surface area (Å²) in [5, 5.41) is 68.2. The number of ether oxygens (including phenoxy) is 6. The van der Waals surface area contributed by atoms with Crippen LogP contribution < -0.4 is 63.8 Å². The van der Waals surface area contributed by atoms with Crippen LogP contribution in [0.1, 0.15) is 151 Å². The van der Waals surface area contributed by atoms with E-state index in [1.807, 2.05) is 245 Å². The predicted molar refractivity (Wildman–Crippen MR) is 541 cm³/mol. The average molecular weight is 1900 g/mol. The Kier molecular flexibility index (Phi) is 35.3. The number of nitrogens with one attached hydrogen (secondary N) is 13. The normalized spacial score (nSPS) is 19.1. The Morgan fingerprint density at radius 3 is 1.21 bits per heavy atom. The van der Waals surface area contributed by atoms with E-state index in [-0.39, 0.29) is 53.2 Å². The van der Waals surface area contributed by atoms with Gasteiger partial charge >= 0.3 is 0 Å². The number of H-pyrrole nitrogens is 1. The van der Waals surface area contributed by atoms with Crippen molar-refractivity contribution in [3.8, 4) is 0 Å². The minimum absolute atomic E-state index is 0.00165. The molecule has 6 fully saturated rings. The molecule has 0 aliphatic carbocycles.